The number of hydrogen-bond donors (Lipinski definition) is 0. The van der Waals surface area contributed by atoms with Crippen LogP contribution in [-0.4, -0.2) is 60.0 Å². The third-order valence-corrected chi connectivity index (χ3v) is 7.31. The Balaban J connectivity index is 1.31. The zero-order chi connectivity index (χ0) is 25.6. The van der Waals surface area contributed by atoms with Crippen molar-refractivity contribution >= 4 is 22.8 Å². The average Bonchev–Trinajstić information content (AvgIpc) is 3.59. The molecule has 0 aliphatic carbocycles. The van der Waals surface area contributed by atoms with E-state index in [0.717, 1.165) is 80.5 Å². The molecule has 2 amide bonds. The molecule has 1 unspecified atom stereocenters. The van der Waals surface area contributed by atoms with Gasteiger partial charge in [-0.1, -0.05) is 19.8 Å². The number of fused-ring (bicyclic) bond motifs is 1. The third-order valence-electron chi connectivity index (χ3n) is 7.31. The van der Waals surface area contributed by atoms with Gasteiger partial charge in [0.15, 0.2) is 11.5 Å². The van der Waals surface area contributed by atoms with E-state index in [1.165, 1.54) is 0 Å². The number of benzene rings is 1. The molecule has 8 heteroatoms. The molecule has 2 aliphatic heterocycles. The van der Waals surface area contributed by atoms with Gasteiger partial charge in [-0.05, 0) is 55.5 Å². The SMILES string of the molecule is CCCCCOc1cc(N2CCCN(Cc3ccnc4c3ccn4CC3CCCO3)C2=O)ccc1OC. The maximum atomic E-state index is 13.6. The minimum Gasteiger partial charge on any atom is -0.493 e. The summed E-state index contributed by atoms with van der Waals surface area (Å²) < 4.78 is 19.5. The van der Waals surface area contributed by atoms with E-state index in [2.05, 4.69) is 28.7 Å². The summed E-state index contributed by atoms with van der Waals surface area (Å²) in [6.45, 7) is 6.43. The molecule has 2 fully saturated rings. The Bertz CT molecular complexity index is 1200. The highest BCUT2D eigenvalue weighted by atomic mass is 16.5. The minimum atomic E-state index is 0.0112. The van der Waals surface area contributed by atoms with Crippen LogP contribution in [0, 0.1) is 0 Å². The highest BCUT2D eigenvalue weighted by molar-refractivity contribution is 5.93. The van der Waals surface area contributed by atoms with Gasteiger partial charge in [0.2, 0.25) is 0 Å². The Labute approximate surface area is 219 Å². The standard InChI is InChI=1S/C29H38N4O4/c1-3-4-5-17-37-27-19-23(9-10-26(27)35-2)33-15-7-14-32(29(33)34)20-22-11-13-30-28-25(22)12-16-31(28)21-24-8-6-18-36-24/h9-13,16,19,24H,3-8,14-15,17-18,20-21H2,1-2H3. The molecule has 37 heavy (non-hydrogen) atoms. The predicted molar refractivity (Wildman–Crippen MR) is 144 cm³/mol. The molecule has 0 bridgehead atoms. The summed E-state index contributed by atoms with van der Waals surface area (Å²) in [6.07, 6.45) is 10.6. The first-order chi connectivity index (χ1) is 18.2. The van der Waals surface area contributed by atoms with Crippen molar-refractivity contribution in [2.45, 2.75) is 64.6 Å². The van der Waals surface area contributed by atoms with E-state index in [4.69, 9.17) is 14.2 Å². The number of carbonyl (C=O) groups is 1. The zero-order valence-electron chi connectivity index (χ0n) is 22.0. The first-order valence-electron chi connectivity index (χ1n) is 13.6. The van der Waals surface area contributed by atoms with Crippen LogP contribution in [0.1, 0.15) is 51.0 Å². The number of aromatic nitrogens is 2. The average molecular weight is 507 g/mol. The fraction of sp³-hybridized carbons (Fsp3) is 0.517. The Morgan fingerprint density at radius 2 is 2.03 bits per heavy atom. The number of ether oxygens (including phenoxy) is 3. The van der Waals surface area contributed by atoms with E-state index in [1.807, 2.05) is 40.3 Å². The molecule has 2 saturated heterocycles. The van der Waals surface area contributed by atoms with Crippen molar-refractivity contribution in [3.05, 3.63) is 48.3 Å². The second kappa shape index (κ2) is 11.9. The van der Waals surface area contributed by atoms with Gasteiger partial charge in [-0.3, -0.25) is 4.90 Å². The number of urea groups is 1. The molecule has 3 aromatic rings. The Morgan fingerprint density at radius 1 is 1.11 bits per heavy atom. The van der Waals surface area contributed by atoms with E-state index < -0.39 is 0 Å². The molecule has 2 aromatic heterocycles. The summed E-state index contributed by atoms with van der Waals surface area (Å²) in [7, 11) is 1.64. The van der Waals surface area contributed by atoms with E-state index >= 15 is 0 Å². The monoisotopic (exact) mass is 506 g/mol. The number of pyridine rings is 1. The Kier molecular flexibility index (Phi) is 8.14. The van der Waals surface area contributed by atoms with Crippen LogP contribution >= 0.6 is 0 Å². The molecular formula is C29H38N4O4. The van der Waals surface area contributed by atoms with E-state index in [0.29, 0.717) is 31.2 Å². The molecule has 1 atom stereocenters. The highest BCUT2D eigenvalue weighted by Crippen LogP contribution is 2.34. The lowest BCUT2D eigenvalue weighted by Gasteiger charge is -2.36. The number of methoxy groups -OCH3 is 1. The lowest BCUT2D eigenvalue weighted by molar-refractivity contribution is 0.0979. The molecule has 1 aromatic carbocycles. The number of anilines is 1. The van der Waals surface area contributed by atoms with E-state index in [1.54, 1.807) is 7.11 Å². The normalized spacial score (nSPS) is 18.1. The summed E-state index contributed by atoms with van der Waals surface area (Å²) in [5.41, 5.74) is 2.90. The third kappa shape index (κ3) is 5.69. The largest absolute Gasteiger partial charge is 0.493 e. The van der Waals surface area contributed by atoms with Gasteiger partial charge in [0.25, 0.3) is 0 Å². The van der Waals surface area contributed by atoms with Crippen LogP contribution < -0.4 is 14.4 Å². The quantitative estimate of drug-likeness (QED) is 0.316. The molecule has 198 valence electrons. The van der Waals surface area contributed by atoms with Gasteiger partial charge < -0.3 is 23.7 Å². The summed E-state index contributed by atoms with van der Waals surface area (Å²) >= 11 is 0. The second-order valence-electron chi connectivity index (χ2n) is 9.91. The molecule has 2 aliphatic rings. The minimum absolute atomic E-state index is 0.0112. The zero-order valence-corrected chi connectivity index (χ0v) is 22.0. The first-order valence-corrected chi connectivity index (χ1v) is 13.6. The van der Waals surface area contributed by atoms with Gasteiger partial charge in [-0.25, -0.2) is 9.78 Å². The number of amides is 2. The van der Waals surface area contributed by atoms with Gasteiger partial charge in [-0.2, -0.15) is 0 Å². The van der Waals surface area contributed by atoms with Crippen LogP contribution in [0.3, 0.4) is 0 Å². The predicted octanol–water partition coefficient (Wildman–Crippen LogP) is 5.63. The van der Waals surface area contributed by atoms with Crippen LogP contribution in [-0.2, 0) is 17.8 Å². The number of hydrogen-bond acceptors (Lipinski definition) is 5. The van der Waals surface area contributed by atoms with Crippen molar-refractivity contribution in [3.8, 4) is 11.5 Å². The van der Waals surface area contributed by atoms with Crippen molar-refractivity contribution in [1.82, 2.24) is 14.5 Å². The van der Waals surface area contributed by atoms with Crippen molar-refractivity contribution in [1.29, 1.82) is 0 Å². The lowest BCUT2D eigenvalue weighted by atomic mass is 10.1. The summed E-state index contributed by atoms with van der Waals surface area (Å²) in [5, 5.41) is 1.10. The smallest absolute Gasteiger partial charge is 0.324 e. The number of carbonyl (C=O) groups excluding carboxylic acids is 1. The highest BCUT2D eigenvalue weighted by Gasteiger charge is 2.28. The van der Waals surface area contributed by atoms with Crippen LogP contribution in [0.25, 0.3) is 11.0 Å². The van der Waals surface area contributed by atoms with Gasteiger partial charge in [-0.15, -0.1) is 0 Å². The maximum absolute atomic E-state index is 13.6. The Morgan fingerprint density at radius 3 is 2.84 bits per heavy atom. The van der Waals surface area contributed by atoms with Gasteiger partial charge in [0.1, 0.15) is 5.65 Å². The van der Waals surface area contributed by atoms with Crippen LogP contribution in [0.15, 0.2) is 42.7 Å². The lowest BCUT2D eigenvalue weighted by Crippen LogP contribution is -2.49. The second-order valence-corrected chi connectivity index (χ2v) is 9.91. The molecular weight excluding hydrogens is 468 g/mol. The van der Waals surface area contributed by atoms with Gasteiger partial charge in [0.05, 0.1) is 26.4 Å². The fourth-order valence-corrected chi connectivity index (χ4v) is 5.29. The summed E-state index contributed by atoms with van der Waals surface area (Å²) in [5.74, 6) is 1.37. The van der Waals surface area contributed by atoms with Gasteiger partial charge in [0, 0.05) is 55.8 Å². The van der Waals surface area contributed by atoms with Crippen molar-refractivity contribution in [2.75, 3.05) is 38.3 Å². The van der Waals surface area contributed by atoms with Crippen molar-refractivity contribution in [2.24, 2.45) is 0 Å². The number of nitrogens with zero attached hydrogens (tertiary/aromatic N) is 4. The molecule has 4 heterocycles. The Hall–Kier alpha value is -3.26. The number of rotatable bonds is 11. The van der Waals surface area contributed by atoms with E-state index in [9.17, 15) is 4.79 Å². The van der Waals surface area contributed by atoms with Crippen molar-refractivity contribution in [3.63, 3.8) is 0 Å². The van der Waals surface area contributed by atoms with Crippen LogP contribution in [0.5, 0.6) is 11.5 Å². The topological polar surface area (TPSA) is 69.1 Å². The van der Waals surface area contributed by atoms with Crippen LogP contribution in [0.4, 0.5) is 10.5 Å². The maximum Gasteiger partial charge on any atom is 0.324 e. The first kappa shape index (κ1) is 25.4. The molecule has 5 rings (SSSR count). The fourth-order valence-electron chi connectivity index (χ4n) is 5.29. The number of unbranched alkanes of at least 4 members (excludes halogenated alkanes) is 2. The molecule has 0 radical (unpaired) electrons. The molecule has 0 saturated carbocycles. The van der Waals surface area contributed by atoms with Crippen LogP contribution in [0.2, 0.25) is 0 Å². The molecule has 0 N–H and O–H groups in total. The van der Waals surface area contributed by atoms with Gasteiger partial charge >= 0.3 is 6.03 Å². The molecule has 0 spiro atoms. The molecule has 8 nitrogen and oxygen atoms in total. The van der Waals surface area contributed by atoms with Crippen molar-refractivity contribution < 1.29 is 19.0 Å². The summed E-state index contributed by atoms with van der Waals surface area (Å²) in [4.78, 5) is 22.0. The van der Waals surface area contributed by atoms with E-state index in [-0.39, 0.29) is 12.1 Å². The summed E-state index contributed by atoms with van der Waals surface area (Å²) in [6, 6.07) is 9.92.